The Labute approximate surface area is 131 Å². The van der Waals surface area contributed by atoms with Crippen molar-refractivity contribution in [2.24, 2.45) is 0 Å². The normalized spacial score (nSPS) is 13.5. The van der Waals surface area contributed by atoms with E-state index in [0.717, 1.165) is 18.5 Å². The smallest absolute Gasteiger partial charge is 0.221 e. The van der Waals surface area contributed by atoms with Gasteiger partial charge in [-0.3, -0.25) is 9.36 Å². The molecular formula is C16H13ClN4O. The topological polar surface area (TPSA) is 73.8 Å². The lowest BCUT2D eigenvalue weighted by Gasteiger charge is -2.12. The van der Waals surface area contributed by atoms with Gasteiger partial charge < -0.3 is 5.73 Å². The van der Waals surface area contributed by atoms with Crippen molar-refractivity contribution in [2.45, 2.75) is 19.3 Å². The highest BCUT2D eigenvalue weighted by Crippen LogP contribution is 2.26. The molecule has 2 N–H and O–H groups in total. The first-order valence-electron chi connectivity index (χ1n) is 7.09. The second kappa shape index (κ2) is 4.81. The van der Waals surface area contributed by atoms with Gasteiger partial charge in [0, 0.05) is 18.1 Å². The van der Waals surface area contributed by atoms with Crippen LogP contribution in [0.15, 0.2) is 35.4 Å². The summed E-state index contributed by atoms with van der Waals surface area (Å²) in [5.74, 6) is 0.129. The van der Waals surface area contributed by atoms with E-state index in [4.69, 9.17) is 17.3 Å². The lowest BCUT2D eigenvalue weighted by atomic mass is 10.1. The monoisotopic (exact) mass is 312 g/mol. The maximum Gasteiger partial charge on any atom is 0.221 e. The Hall–Kier alpha value is -2.40. The average Bonchev–Trinajstić information content (AvgIpc) is 2.98. The minimum absolute atomic E-state index is 0.129. The van der Waals surface area contributed by atoms with Gasteiger partial charge in [0.25, 0.3) is 0 Å². The summed E-state index contributed by atoms with van der Waals surface area (Å²) in [6, 6.07) is 6.27. The van der Waals surface area contributed by atoms with Gasteiger partial charge >= 0.3 is 0 Å². The fourth-order valence-corrected chi connectivity index (χ4v) is 3.20. The van der Waals surface area contributed by atoms with E-state index in [1.165, 1.54) is 23.7 Å². The van der Waals surface area contributed by atoms with E-state index in [0.29, 0.717) is 11.0 Å². The summed E-state index contributed by atoms with van der Waals surface area (Å²) < 4.78 is 1.80. The molecule has 0 saturated heterocycles. The zero-order chi connectivity index (χ0) is 15.3. The molecule has 0 spiro atoms. The Morgan fingerprint density at radius 3 is 2.91 bits per heavy atom. The van der Waals surface area contributed by atoms with Crippen LogP contribution in [0, 0.1) is 0 Å². The number of benzene rings is 1. The molecule has 2 heterocycles. The molecule has 3 aromatic rings. The van der Waals surface area contributed by atoms with Gasteiger partial charge in [0.15, 0.2) is 5.65 Å². The van der Waals surface area contributed by atoms with Gasteiger partial charge in [0.2, 0.25) is 11.4 Å². The van der Waals surface area contributed by atoms with Gasteiger partial charge in [-0.05, 0) is 42.5 Å². The fourth-order valence-electron chi connectivity index (χ4n) is 3.00. The number of fused-ring (bicyclic) bond motifs is 2. The highest BCUT2D eigenvalue weighted by Gasteiger charge is 2.15. The van der Waals surface area contributed by atoms with E-state index in [-0.39, 0.29) is 16.4 Å². The fraction of sp³-hybridized carbons (Fsp3) is 0.188. The molecule has 2 aromatic heterocycles. The Morgan fingerprint density at radius 2 is 2.05 bits per heavy atom. The van der Waals surface area contributed by atoms with Crippen molar-refractivity contribution in [3.8, 4) is 5.69 Å². The second-order valence-corrected chi connectivity index (χ2v) is 5.86. The molecule has 0 unspecified atom stereocenters. The number of hydrogen-bond donors (Lipinski definition) is 1. The minimum atomic E-state index is -0.283. The molecule has 1 aromatic carbocycles. The number of anilines is 1. The van der Waals surface area contributed by atoms with Crippen molar-refractivity contribution in [1.82, 2.24) is 14.5 Å². The van der Waals surface area contributed by atoms with Crippen molar-refractivity contribution in [3.63, 3.8) is 0 Å². The zero-order valence-corrected chi connectivity index (χ0v) is 12.5. The molecule has 1 aliphatic carbocycles. The van der Waals surface area contributed by atoms with Gasteiger partial charge in [-0.25, -0.2) is 4.98 Å². The van der Waals surface area contributed by atoms with Crippen LogP contribution in [0.1, 0.15) is 17.5 Å². The van der Waals surface area contributed by atoms with Crippen LogP contribution < -0.4 is 11.2 Å². The molecule has 22 heavy (non-hydrogen) atoms. The second-order valence-electron chi connectivity index (χ2n) is 5.45. The van der Waals surface area contributed by atoms with Crippen LogP contribution >= 0.6 is 11.6 Å². The Bertz CT molecular complexity index is 964. The summed E-state index contributed by atoms with van der Waals surface area (Å²) in [4.78, 5) is 20.3. The van der Waals surface area contributed by atoms with Crippen LogP contribution in [0.3, 0.4) is 0 Å². The zero-order valence-electron chi connectivity index (χ0n) is 11.7. The third-order valence-electron chi connectivity index (χ3n) is 4.08. The van der Waals surface area contributed by atoms with E-state index < -0.39 is 0 Å². The molecule has 1 aliphatic rings. The largest absolute Gasteiger partial charge is 0.368 e. The highest BCUT2D eigenvalue weighted by atomic mass is 35.5. The minimum Gasteiger partial charge on any atom is -0.368 e. The van der Waals surface area contributed by atoms with Crippen molar-refractivity contribution in [3.05, 3.63) is 57.0 Å². The summed E-state index contributed by atoms with van der Waals surface area (Å²) in [7, 11) is 0. The molecule has 0 atom stereocenters. The lowest BCUT2D eigenvalue weighted by Crippen LogP contribution is -2.12. The third kappa shape index (κ3) is 1.97. The average molecular weight is 313 g/mol. The number of rotatable bonds is 1. The quantitative estimate of drug-likeness (QED) is 0.749. The van der Waals surface area contributed by atoms with Crippen molar-refractivity contribution >= 4 is 28.6 Å². The SMILES string of the molecule is Nc1ncc2c(=O)c(Cl)cn(-c3ccc4c(c3)CCC4)c2n1. The molecule has 5 nitrogen and oxygen atoms in total. The van der Waals surface area contributed by atoms with E-state index in [1.807, 2.05) is 6.07 Å². The van der Waals surface area contributed by atoms with Gasteiger partial charge in [-0.1, -0.05) is 17.7 Å². The van der Waals surface area contributed by atoms with Crippen molar-refractivity contribution < 1.29 is 0 Å². The van der Waals surface area contributed by atoms with Crippen LogP contribution in [0.4, 0.5) is 5.95 Å². The predicted molar refractivity (Wildman–Crippen MR) is 86.6 cm³/mol. The number of pyridine rings is 1. The number of aromatic nitrogens is 3. The predicted octanol–water partition coefficient (Wildman–Crippen LogP) is 2.51. The molecule has 0 bridgehead atoms. The molecule has 6 heteroatoms. The van der Waals surface area contributed by atoms with Crippen molar-refractivity contribution in [2.75, 3.05) is 5.73 Å². The van der Waals surface area contributed by atoms with Gasteiger partial charge in [-0.15, -0.1) is 0 Å². The molecule has 4 rings (SSSR count). The highest BCUT2D eigenvalue weighted by molar-refractivity contribution is 6.31. The first-order chi connectivity index (χ1) is 10.6. The number of nitrogen functional groups attached to an aromatic ring is 1. The summed E-state index contributed by atoms with van der Waals surface area (Å²) in [6.07, 6.45) is 6.40. The number of halogens is 1. The van der Waals surface area contributed by atoms with Crippen LogP contribution in [0.5, 0.6) is 0 Å². The maximum absolute atomic E-state index is 12.1. The summed E-state index contributed by atoms with van der Waals surface area (Å²) >= 11 is 6.08. The number of nitrogens with two attached hydrogens (primary N) is 1. The van der Waals surface area contributed by atoms with Crippen LogP contribution in [-0.2, 0) is 12.8 Å². The number of nitrogens with zero attached hydrogens (tertiary/aromatic N) is 3. The van der Waals surface area contributed by atoms with Crippen LogP contribution in [0.25, 0.3) is 16.7 Å². The molecular weight excluding hydrogens is 300 g/mol. The Kier molecular flexibility index (Phi) is 2.90. The molecule has 0 amide bonds. The first-order valence-corrected chi connectivity index (χ1v) is 7.47. The molecule has 0 saturated carbocycles. The Balaban J connectivity index is 2.04. The number of hydrogen-bond acceptors (Lipinski definition) is 4. The third-order valence-corrected chi connectivity index (χ3v) is 4.35. The van der Waals surface area contributed by atoms with Crippen LogP contribution in [-0.4, -0.2) is 14.5 Å². The Morgan fingerprint density at radius 1 is 1.23 bits per heavy atom. The number of aryl methyl sites for hydroxylation is 2. The van der Waals surface area contributed by atoms with Crippen molar-refractivity contribution in [1.29, 1.82) is 0 Å². The van der Waals surface area contributed by atoms with Crippen LogP contribution in [0.2, 0.25) is 5.02 Å². The molecule has 0 fully saturated rings. The summed E-state index contributed by atoms with van der Waals surface area (Å²) in [6.45, 7) is 0. The standard InChI is InChI=1S/C16H13ClN4O/c17-13-8-21(11-5-4-9-2-1-3-10(9)6-11)15-12(14(13)22)7-19-16(18)20-15/h4-8H,1-3H2,(H2,18,19,20). The van der Waals surface area contributed by atoms with E-state index in [1.54, 1.807) is 10.8 Å². The van der Waals surface area contributed by atoms with E-state index in [9.17, 15) is 4.79 Å². The van der Waals surface area contributed by atoms with Gasteiger partial charge in [0.05, 0.1) is 5.39 Å². The molecule has 0 aliphatic heterocycles. The first kappa shape index (κ1) is 13.3. The van der Waals surface area contributed by atoms with Gasteiger partial charge in [0.1, 0.15) is 5.02 Å². The molecule has 110 valence electrons. The van der Waals surface area contributed by atoms with E-state index >= 15 is 0 Å². The van der Waals surface area contributed by atoms with Gasteiger partial charge in [-0.2, -0.15) is 4.98 Å². The molecule has 0 radical (unpaired) electrons. The lowest BCUT2D eigenvalue weighted by molar-refractivity contribution is 0.911. The summed E-state index contributed by atoms with van der Waals surface area (Å²) in [5, 5.41) is 0.503. The summed E-state index contributed by atoms with van der Waals surface area (Å²) in [5.41, 5.74) is 9.51. The maximum atomic E-state index is 12.1. The van der Waals surface area contributed by atoms with E-state index in [2.05, 4.69) is 22.1 Å².